The van der Waals surface area contributed by atoms with E-state index >= 15 is 0 Å². The van der Waals surface area contributed by atoms with Crippen LogP contribution >= 0.6 is 11.6 Å². The van der Waals surface area contributed by atoms with E-state index in [1.54, 1.807) is 18.6 Å². The summed E-state index contributed by atoms with van der Waals surface area (Å²) >= 11 is 5.97. The number of H-pyrrole nitrogens is 1. The Bertz CT molecular complexity index is 839. The van der Waals surface area contributed by atoms with Gasteiger partial charge in [0.1, 0.15) is 0 Å². The van der Waals surface area contributed by atoms with E-state index in [1.807, 2.05) is 19.1 Å². The van der Waals surface area contributed by atoms with Crippen LogP contribution in [0.1, 0.15) is 19.0 Å². The van der Waals surface area contributed by atoms with Gasteiger partial charge in [-0.1, -0.05) is 24.6 Å². The van der Waals surface area contributed by atoms with Crippen LogP contribution in [0.5, 0.6) is 0 Å². The van der Waals surface area contributed by atoms with Crippen LogP contribution in [0.15, 0.2) is 35.6 Å². The maximum absolute atomic E-state index is 12.6. The number of aromatic nitrogens is 3. The van der Waals surface area contributed by atoms with Gasteiger partial charge in [0.25, 0.3) is 0 Å². The van der Waals surface area contributed by atoms with E-state index in [-0.39, 0.29) is 0 Å². The molecule has 1 aromatic carbocycles. The van der Waals surface area contributed by atoms with Crippen molar-refractivity contribution in [1.29, 1.82) is 0 Å². The molecule has 0 saturated heterocycles. The number of imidazole rings is 1. The monoisotopic (exact) mass is 336 g/mol. The quantitative estimate of drug-likeness (QED) is 0.743. The molecule has 2 aromatic heterocycles. The van der Waals surface area contributed by atoms with Crippen molar-refractivity contribution in [2.24, 2.45) is 0 Å². The largest absolute Gasteiger partial charge is 0.360 e. The zero-order valence-corrected chi connectivity index (χ0v) is 14.0. The SMILES string of the molecule is CCCn1cnc(NS(=O)c2c[nH]c3cc(Cl)ccc23)c1C. The summed E-state index contributed by atoms with van der Waals surface area (Å²) in [5.41, 5.74) is 1.85. The molecule has 1 atom stereocenters. The normalized spacial score (nSPS) is 12.7. The average Bonchev–Trinajstić information content (AvgIpc) is 3.05. The molecule has 0 radical (unpaired) electrons. The zero-order chi connectivity index (χ0) is 15.7. The van der Waals surface area contributed by atoms with E-state index in [1.165, 1.54) is 0 Å². The topological polar surface area (TPSA) is 62.7 Å². The second-order valence-electron chi connectivity index (χ2n) is 5.09. The van der Waals surface area contributed by atoms with Gasteiger partial charge in [0.2, 0.25) is 0 Å². The lowest BCUT2D eigenvalue weighted by Crippen LogP contribution is -2.06. The molecule has 0 aliphatic rings. The summed E-state index contributed by atoms with van der Waals surface area (Å²) < 4.78 is 17.6. The molecular weight excluding hydrogens is 320 g/mol. The van der Waals surface area contributed by atoms with E-state index < -0.39 is 11.0 Å². The molecule has 3 rings (SSSR count). The zero-order valence-electron chi connectivity index (χ0n) is 12.4. The van der Waals surface area contributed by atoms with Crippen LogP contribution in [-0.4, -0.2) is 18.7 Å². The smallest absolute Gasteiger partial charge is 0.159 e. The number of aromatic amines is 1. The minimum atomic E-state index is -1.39. The second-order valence-corrected chi connectivity index (χ2v) is 6.70. The van der Waals surface area contributed by atoms with Crippen molar-refractivity contribution in [3.05, 3.63) is 41.4 Å². The van der Waals surface area contributed by atoms with Gasteiger partial charge in [-0.2, -0.15) is 0 Å². The Morgan fingerprint density at radius 1 is 1.45 bits per heavy atom. The number of rotatable bonds is 5. The van der Waals surface area contributed by atoms with Crippen LogP contribution in [0.25, 0.3) is 10.9 Å². The Kier molecular flexibility index (Phi) is 4.22. The van der Waals surface area contributed by atoms with Gasteiger partial charge < -0.3 is 9.55 Å². The number of benzene rings is 1. The van der Waals surface area contributed by atoms with Crippen molar-refractivity contribution < 1.29 is 4.21 Å². The number of aryl methyl sites for hydroxylation is 1. The van der Waals surface area contributed by atoms with Gasteiger partial charge in [-0.05, 0) is 25.5 Å². The highest BCUT2D eigenvalue weighted by molar-refractivity contribution is 7.86. The summed E-state index contributed by atoms with van der Waals surface area (Å²) in [5.74, 6) is 0.648. The number of hydrogen-bond donors (Lipinski definition) is 2. The fourth-order valence-corrected chi connectivity index (χ4v) is 3.58. The highest BCUT2D eigenvalue weighted by Gasteiger charge is 2.14. The van der Waals surface area contributed by atoms with Crippen LogP contribution in [0.4, 0.5) is 5.82 Å². The molecular formula is C15H17ClN4OS. The summed E-state index contributed by atoms with van der Waals surface area (Å²) in [6, 6.07) is 5.48. The van der Waals surface area contributed by atoms with Gasteiger partial charge in [-0.15, -0.1) is 0 Å². The van der Waals surface area contributed by atoms with E-state index in [0.29, 0.717) is 15.7 Å². The maximum Gasteiger partial charge on any atom is 0.159 e. The van der Waals surface area contributed by atoms with Gasteiger partial charge >= 0.3 is 0 Å². The first-order valence-electron chi connectivity index (χ1n) is 7.07. The predicted molar refractivity (Wildman–Crippen MR) is 90.6 cm³/mol. The third-order valence-electron chi connectivity index (χ3n) is 3.56. The van der Waals surface area contributed by atoms with E-state index in [2.05, 4.69) is 26.2 Å². The number of halogens is 1. The van der Waals surface area contributed by atoms with Gasteiger partial charge in [0.15, 0.2) is 16.8 Å². The van der Waals surface area contributed by atoms with Crippen LogP contribution in [0, 0.1) is 6.92 Å². The third kappa shape index (κ3) is 2.76. The van der Waals surface area contributed by atoms with Crippen molar-refractivity contribution in [3.63, 3.8) is 0 Å². The number of nitrogens with zero attached hydrogens (tertiary/aromatic N) is 2. The number of nitrogens with one attached hydrogen (secondary N) is 2. The third-order valence-corrected chi connectivity index (χ3v) is 4.91. The lowest BCUT2D eigenvalue weighted by atomic mass is 10.2. The summed E-state index contributed by atoms with van der Waals surface area (Å²) in [4.78, 5) is 8.09. The first-order chi connectivity index (χ1) is 10.6. The molecule has 7 heteroatoms. The Hall–Kier alpha value is -1.79. The molecule has 22 heavy (non-hydrogen) atoms. The van der Waals surface area contributed by atoms with Crippen LogP contribution in [-0.2, 0) is 17.5 Å². The van der Waals surface area contributed by atoms with E-state index in [4.69, 9.17) is 11.6 Å². The minimum absolute atomic E-state index is 0.647. The first-order valence-corrected chi connectivity index (χ1v) is 8.59. The highest BCUT2D eigenvalue weighted by Crippen LogP contribution is 2.25. The Morgan fingerprint density at radius 3 is 3.05 bits per heavy atom. The van der Waals surface area contributed by atoms with Gasteiger partial charge in [0, 0.05) is 28.7 Å². The van der Waals surface area contributed by atoms with Crippen molar-refractivity contribution in [3.8, 4) is 0 Å². The van der Waals surface area contributed by atoms with E-state index in [9.17, 15) is 4.21 Å². The van der Waals surface area contributed by atoms with Crippen molar-refractivity contribution in [2.75, 3.05) is 4.72 Å². The molecule has 0 amide bonds. The minimum Gasteiger partial charge on any atom is -0.360 e. The van der Waals surface area contributed by atoms with Crippen molar-refractivity contribution in [1.82, 2.24) is 14.5 Å². The molecule has 116 valence electrons. The Balaban J connectivity index is 1.87. The standard InChI is InChI=1S/C15H17ClN4OS/c1-3-6-20-9-18-15(10(20)2)19-22(21)14-8-17-13-7-11(16)4-5-12(13)14/h4-5,7-9,17,19H,3,6H2,1-2H3. The van der Waals surface area contributed by atoms with Crippen LogP contribution < -0.4 is 4.72 Å². The number of hydrogen-bond acceptors (Lipinski definition) is 2. The maximum atomic E-state index is 12.6. The van der Waals surface area contributed by atoms with E-state index in [0.717, 1.165) is 29.6 Å². The lowest BCUT2D eigenvalue weighted by molar-refractivity contribution is 0.662. The molecule has 3 aromatic rings. The average molecular weight is 337 g/mol. The molecule has 0 aliphatic heterocycles. The summed E-state index contributed by atoms with van der Waals surface area (Å²) in [6.07, 6.45) is 4.54. The fraction of sp³-hybridized carbons (Fsp3) is 0.267. The predicted octanol–water partition coefficient (Wildman–Crippen LogP) is 3.87. The summed E-state index contributed by atoms with van der Waals surface area (Å²) in [6.45, 7) is 4.98. The molecule has 1 unspecified atom stereocenters. The summed E-state index contributed by atoms with van der Waals surface area (Å²) in [7, 11) is -1.39. The molecule has 5 nitrogen and oxygen atoms in total. The lowest BCUT2D eigenvalue weighted by Gasteiger charge is -2.06. The number of fused-ring (bicyclic) bond motifs is 1. The molecule has 2 heterocycles. The molecule has 0 bridgehead atoms. The first kappa shape index (κ1) is 15.1. The number of anilines is 1. The van der Waals surface area contributed by atoms with Gasteiger partial charge in [0.05, 0.1) is 16.9 Å². The van der Waals surface area contributed by atoms with Crippen LogP contribution in [0.3, 0.4) is 0 Å². The summed E-state index contributed by atoms with van der Waals surface area (Å²) in [5, 5.41) is 1.54. The van der Waals surface area contributed by atoms with Crippen LogP contribution in [0.2, 0.25) is 5.02 Å². The van der Waals surface area contributed by atoms with Gasteiger partial charge in [-0.3, -0.25) is 4.72 Å². The van der Waals surface area contributed by atoms with Gasteiger partial charge in [-0.25, -0.2) is 9.19 Å². The fourth-order valence-electron chi connectivity index (χ4n) is 2.38. The highest BCUT2D eigenvalue weighted by atomic mass is 35.5. The molecule has 0 spiro atoms. The Labute approximate surface area is 136 Å². The molecule has 0 saturated carbocycles. The molecule has 0 fully saturated rings. The second kappa shape index (κ2) is 6.14. The molecule has 2 N–H and O–H groups in total. The Morgan fingerprint density at radius 2 is 2.27 bits per heavy atom. The van der Waals surface area contributed by atoms with Crippen molar-refractivity contribution in [2.45, 2.75) is 31.7 Å². The van der Waals surface area contributed by atoms with Crippen molar-refractivity contribution >= 4 is 39.3 Å². The molecule has 0 aliphatic carbocycles.